The Balaban J connectivity index is 1.54. The van der Waals surface area contributed by atoms with E-state index in [9.17, 15) is 9.59 Å². The molecule has 0 heterocycles. The van der Waals surface area contributed by atoms with Gasteiger partial charge in [0.05, 0.1) is 18.4 Å². The summed E-state index contributed by atoms with van der Waals surface area (Å²) in [5, 5.41) is 3.96. The van der Waals surface area contributed by atoms with Crippen LogP contribution in [0.5, 0.6) is 11.5 Å². The van der Waals surface area contributed by atoms with Gasteiger partial charge in [-0.25, -0.2) is 10.2 Å². The van der Waals surface area contributed by atoms with Crippen molar-refractivity contribution >= 4 is 18.1 Å². The van der Waals surface area contributed by atoms with Gasteiger partial charge in [-0.1, -0.05) is 17.7 Å². The van der Waals surface area contributed by atoms with Gasteiger partial charge in [0.2, 0.25) is 0 Å². The average Bonchev–Trinajstić information content (AvgIpc) is 2.75. The van der Waals surface area contributed by atoms with Crippen LogP contribution in [0.15, 0.2) is 77.9 Å². The molecule has 3 rings (SSSR count). The summed E-state index contributed by atoms with van der Waals surface area (Å²) in [6.07, 6.45) is 1.52. The van der Waals surface area contributed by atoms with Crippen LogP contribution in [0.3, 0.4) is 0 Å². The second-order valence-corrected chi connectivity index (χ2v) is 6.48. The molecular weight excluding hydrogens is 380 g/mol. The molecule has 0 aliphatic heterocycles. The van der Waals surface area contributed by atoms with Gasteiger partial charge in [0, 0.05) is 5.56 Å². The molecule has 152 valence electrons. The highest BCUT2D eigenvalue weighted by Crippen LogP contribution is 2.16. The Morgan fingerprint density at radius 2 is 1.63 bits per heavy atom. The maximum atomic E-state index is 12.2. The predicted octanol–water partition coefficient (Wildman–Crippen LogP) is 4.38. The van der Waals surface area contributed by atoms with E-state index in [0.717, 1.165) is 11.1 Å². The maximum Gasteiger partial charge on any atom is 0.343 e. The highest BCUT2D eigenvalue weighted by molar-refractivity contribution is 5.95. The Labute approximate surface area is 175 Å². The van der Waals surface area contributed by atoms with Crippen molar-refractivity contribution in [2.24, 2.45) is 5.10 Å². The molecule has 0 atom stereocenters. The van der Waals surface area contributed by atoms with Crippen LogP contribution in [-0.4, -0.2) is 24.7 Å². The number of aryl methyl sites for hydroxylation is 1. The molecule has 1 amide bonds. The van der Waals surface area contributed by atoms with Gasteiger partial charge in [-0.2, -0.15) is 5.10 Å². The molecule has 0 aliphatic rings. The van der Waals surface area contributed by atoms with Crippen molar-refractivity contribution in [1.82, 2.24) is 5.43 Å². The minimum Gasteiger partial charge on any atom is -0.494 e. The molecule has 3 aromatic carbocycles. The molecule has 0 saturated heterocycles. The van der Waals surface area contributed by atoms with E-state index in [1.807, 2.05) is 26.0 Å². The zero-order chi connectivity index (χ0) is 21.3. The van der Waals surface area contributed by atoms with Gasteiger partial charge in [-0.05, 0) is 80.1 Å². The molecule has 0 aliphatic carbocycles. The van der Waals surface area contributed by atoms with Crippen LogP contribution in [0, 0.1) is 6.92 Å². The highest BCUT2D eigenvalue weighted by Gasteiger charge is 2.09. The number of nitrogens with one attached hydrogen (secondary N) is 1. The lowest BCUT2D eigenvalue weighted by molar-refractivity contribution is 0.0734. The third-order valence-corrected chi connectivity index (χ3v) is 4.15. The van der Waals surface area contributed by atoms with Crippen LogP contribution < -0.4 is 14.9 Å². The number of nitrogens with zero attached hydrogens (tertiary/aromatic N) is 1. The normalized spacial score (nSPS) is 10.6. The molecule has 6 heteroatoms. The SMILES string of the molecule is CCOc1ccc(C(=O)Oc2ccc(/C=N\NC(=O)c3cccc(C)c3)cc2)cc1. The number of amides is 1. The van der Waals surface area contributed by atoms with Gasteiger partial charge in [-0.15, -0.1) is 0 Å². The fourth-order valence-electron chi connectivity index (χ4n) is 2.66. The topological polar surface area (TPSA) is 77.0 Å². The maximum absolute atomic E-state index is 12.2. The molecule has 1 N–H and O–H groups in total. The number of hydrogen-bond acceptors (Lipinski definition) is 5. The first-order chi connectivity index (χ1) is 14.5. The third kappa shape index (κ3) is 5.78. The number of hydrogen-bond donors (Lipinski definition) is 1. The predicted molar refractivity (Wildman–Crippen MR) is 115 cm³/mol. The molecular formula is C24H22N2O4. The van der Waals surface area contributed by atoms with Crippen LogP contribution >= 0.6 is 0 Å². The van der Waals surface area contributed by atoms with Crippen molar-refractivity contribution in [3.63, 3.8) is 0 Å². The zero-order valence-corrected chi connectivity index (χ0v) is 16.8. The molecule has 0 unspecified atom stereocenters. The summed E-state index contributed by atoms with van der Waals surface area (Å²) in [5.41, 5.74) is 5.22. The highest BCUT2D eigenvalue weighted by atomic mass is 16.5. The summed E-state index contributed by atoms with van der Waals surface area (Å²) in [7, 11) is 0. The van der Waals surface area contributed by atoms with Crippen LogP contribution in [0.1, 0.15) is 38.8 Å². The first-order valence-corrected chi connectivity index (χ1v) is 9.50. The molecule has 0 fully saturated rings. The van der Waals surface area contributed by atoms with Gasteiger partial charge < -0.3 is 9.47 Å². The fraction of sp³-hybridized carbons (Fsp3) is 0.125. The number of hydrazone groups is 1. The Morgan fingerprint density at radius 3 is 2.30 bits per heavy atom. The monoisotopic (exact) mass is 402 g/mol. The van der Waals surface area contributed by atoms with Crippen LogP contribution in [-0.2, 0) is 0 Å². The fourth-order valence-corrected chi connectivity index (χ4v) is 2.66. The minimum atomic E-state index is -0.454. The van der Waals surface area contributed by atoms with E-state index in [1.165, 1.54) is 6.21 Å². The summed E-state index contributed by atoms with van der Waals surface area (Å²) in [6, 6.07) is 20.8. The van der Waals surface area contributed by atoms with Crippen molar-refractivity contribution in [3.8, 4) is 11.5 Å². The molecule has 0 radical (unpaired) electrons. The van der Waals surface area contributed by atoms with Crippen LogP contribution in [0.4, 0.5) is 0 Å². The molecule has 30 heavy (non-hydrogen) atoms. The van der Waals surface area contributed by atoms with E-state index in [1.54, 1.807) is 60.7 Å². The summed E-state index contributed by atoms with van der Waals surface area (Å²) < 4.78 is 10.7. The summed E-state index contributed by atoms with van der Waals surface area (Å²) >= 11 is 0. The second kappa shape index (κ2) is 10.0. The quantitative estimate of drug-likeness (QED) is 0.275. The van der Waals surface area contributed by atoms with Crippen molar-refractivity contribution in [2.75, 3.05) is 6.61 Å². The molecule has 6 nitrogen and oxygen atoms in total. The minimum absolute atomic E-state index is 0.282. The largest absolute Gasteiger partial charge is 0.494 e. The lowest BCUT2D eigenvalue weighted by atomic mass is 10.1. The Hall–Kier alpha value is -3.93. The van der Waals surface area contributed by atoms with Crippen molar-refractivity contribution in [2.45, 2.75) is 13.8 Å². The first kappa shape index (κ1) is 20.8. The summed E-state index contributed by atoms with van der Waals surface area (Å²) in [4.78, 5) is 24.3. The second-order valence-electron chi connectivity index (χ2n) is 6.48. The Kier molecular flexibility index (Phi) is 6.95. The standard InChI is InChI=1S/C24H22N2O4/c1-3-29-21-13-9-19(10-14-21)24(28)30-22-11-7-18(8-12-22)16-25-26-23(27)20-6-4-5-17(2)15-20/h4-16H,3H2,1-2H3,(H,26,27)/b25-16-. The van der Waals surface area contributed by atoms with E-state index >= 15 is 0 Å². The Morgan fingerprint density at radius 1 is 0.933 bits per heavy atom. The van der Waals surface area contributed by atoms with Gasteiger partial charge in [0.15, 0.2) is 0 Å². The lowest BCUT2D eigenvalue weighted by Crippen LogP contribution is -2.17. The van der Waals surface area contributed by atoms with Crippen LogP contribution in [0.25, 0.3) is 0 Å². The zero-order valence-electron chi connectivity index (χ0n) is 16.8. The smallest absolute Gasteiger partial charge is 0.343 e. The number of benzene rings is 3. The van der Waals surface area contributed by atoms with Crippen molar-refractivity contribution in [1.29, 1.82) is 0 Å². The number of ether oxygens (including phenoxy) is 2. The summed E-state index contributed by atoms with van der Waals surface area (Å²) in [5.74, 6) is 0.378. The van der Waals surface area contributed by atoms with E-state index in [2.05, 4.69) is 10.5 Å². The lowest BCUT2D eigenvalue weighted by Gasteiger charge is -2.06. The van der Waals surface area contributed by atoms with E-state index in [4.69, 9.17) is 9.47 Å². The Bertz CT molecular complexity index is 1040. The number of carbonyl (C=O) groups excluding carboxylic acids is 2. The van der Waals surface area contributed by atoms with Gasteiger partial charge in [-0.3, -0.25) is 4.79 Å². The van der Waals surface area contributed by atoms with Crippen molar-refractivity contribution < 1.29 is 19.1 Å². The van der Waals surface area contributed by atoms with Gasteiger partial charge in [0.1, 0.15) is 11.5 Å². The van der Waals surface area contributed by atoms with Gasteiger partial charge >= 0.3 is 5.97 Å². The molecule has 0 aromatic heterocycles. The molecule has 0 spiro atoms. The number of rotatable bonds is 7. The number of esters is 1. The van der Waals surface area contributed by atoms with E-state index in [-0.39, 0.29) is 5.91 Å². The molecule has 3 aromatic rings. The van der Waals surface area contributed by atoms with E-state index < -0.39 is 5.97 Å². The van der Waals surface area contributed by atoms with Gasteiger partial charge in [0.25, 0.3) is 5.91 Å². The summed E-state index contributed by atoms with van der Waals surface area (Å²) in [6.45, 7) is 4.38. The average molecular weight is 402 g/mol. The number of carbonyl (C=O) groups is 2. The van der Waals surface area contributed by atoms with E-state index in [0.29, 0.717) is 29.2 Å². The third-order valence-electron chi connectivity index (χ3n) is 4.15. The first-order valence-electron chi connectivity index (χ1n) is 9.50. The molecule has 0 bridgehead atoms. The molecule has 0 saturated carbocycles. The van der Waals surface area contributed by atoms with Crippen LogP contribution in [0.2, 0.25) is 0 Å². The van der Waals surface area contributed by atoms with Crippen molar-refractivity contribution in [3.05, 3.63) is 95.1 Å².